The maximum absolute atomic E-state index is 5.70. The topological polar surface area (TPSA) is 24.9 Å². The van der Waals surface area contributed by atoms with E-state index in [-0.39, 0.29) is 0 Å². The molecule has 0 saturated heterocycles. The van der Waals surface area contributed by atoms with E-state index in [0.29, 0.717) is 5.15 Å². The van der Waals surface area contributed by atoms with Crippen LogP contribution in [0.15, 0.2) is 5.38 Å². The summed E-state index contributed by atoms with van der Waals surface area (Å²) in [5.41, 5.74) is 0. The van der Waals surface area contributed by atoms with Crippen LogP contribution in [0.25, 0.3) is 0 Å². The predicted octanol–water partition coefficient (Wildman–Crippen LogP) is 3.74. The van der Waals surface area contributed by atoms with Crippen LogP contribution in [0.5, 0.6) is 0 Å². The smallest absolute Gasteiger partial charge is 0.184 e. The van der Waals surface area contributed by atoms with Crippen LogP contribution in [0.4, 0.5) is 5.13 Å². The number of nitrogens with one attached hydrogen (secondary N) is 1. The molecule has 0 amide bonds. The highest BCUT2D eigenvalue weighted by molar-refractivity contribution is 7.98. The molecule has 1 aromatic heterocycles. The molecule has 0 saturated carbocycles. The largest absolute Gasteiger partial charge is 0.361 e. The summed E-state index contributed by atoms with van der Waals surface area (Å²) < 4.78 is 0. The van der Waals surface area contributed by atoms with E-state index < -0.39 is 0 Å². The highest BCUT2D eigenvalue weighted by Gasteiger charge is 1.97. The van der Waals surface area contributed by atoms with Gasteiger partial charge in [0.25, 0.3) is 0 Å². The van der Waals surface area contributed by atoms with Crippen molar-refractivity contribution in [1.29, 1.82) is 0 Å². The molecule has 0 atom stereocenters. The third-order valence-corrected chi connectivity index (χ3v) is 3.60. The summed E-state index contributed by atoms with van der Waals surface area (Å²) in [4.78, 5) is 4.11. The van der Waals surface area contributed by atoms with Gasteiger partial charge in [-0.15, -0.1) is 11.3 Å². The number of hydrogen-bond acceptors (Lipinski definition) is 4. The molecule has 1 heterocycles. The van der Waals surface area contributed by atoms with Crippen LogP contribution >= 0.6 is 34.7 Å². The first-order valence-electron chi connectivity index (χ1n) is 4.67. The number of nitrogens with zero attached hydrogens (tertiary/aromatic N) is 1. The van der Waals surface area contributed by atoms with E-state index in [1.165, 1.54) is 25.0 Å². The van der Waals surface area contributed by atoms with Gasteiger partial charge in [0.2, 0.25) is 0 Å². The second kappa shape index (κ2) is 7.37. The van der Waals surface area contributed by atoms with Gasteiger partial charge in [-0.2, -0.15) is 11.8 Å². The van der Waals surface area contributed by atoms with E-state index in [1.54, 1.807) is 11.3 Å². The summed E-state index contributed by atoms with van der Waals surface area (Å²) in [6.07, 6.45) is 5.95. The molecule has 1 rings (SSSR count). The minimum Gasteiger partial charge on any atom is -0.361 e. The number of rotatable bonds is 7. The second-order valence-electron chi connectivity index (χ2n) is 2.96. The number of thiazole rings is 1. The molecule has 80 valence electrons. The number of hydrogen-bond donors (Lipinski definition) is 1. The van der Waals surface area contributed by atoms with Gasteiger partial charge in [-0.1, -0.05) is 18.0 Å². The molecule has 0 aromatic carbocycles. The minimum atomic E-state index is 0.583. The summed E-state index contributed by atoms with van der Waals surface area (Å²) >= 11 is 9.17. The van der Waals surface area contributed by atoms with Crippen molar-refractivity contribution in [2.75, 3.05) is 23.9 Å². The van der Waals surface area contributed by atoms with Gasteiger partial charge >= 0.3 is 0 Å². The molecular weight excluding hydrogens is 236 g/mol. The number of anilines is 1. The minimum absolute atomic E-state index is 0.583. The summed E-state index contributed by atoms with van der Waals surface area (Å²) in [5, 5.41) is 6.62. The zero-order chi connectivity index (χ0) is 10.2. The zero-order valence-corrected chi connectivity index (χ0v) is 10.6. The molecule has 0 aliphatic heterocycles. The van der Waals surface area contributed by atoms with Crippen LogP contribution < -0.4 is 5.32 Å². The molecule has 1 N–H and O–H groups in total. The van der Waals surface area contributed by atoms with E-state index in [4.69, 9.17) is 11.6 Å². The van der Waals surface area contributed by atoms with E-state index >= 15 is 0 Å². The van der Waals surface area contributed by atoms with Crippen molar-refractivity contribution in [2.45, 2.75) is 19.3 Å². The van der Waals surface area contributed by atoms with Gasteiger partial charge in [0, 0.05) is 11.9 Å². The van der Waals surface area contributed by atoms with Crippen molar-refractivity contribution in [3.05, 3.63) is 10.5 Å². The Bertz CT molecular complexity index is 253. The van der Waals surface area contributed by atoms with Gasteiger partial charge < -0.3 is 5.32 Å². The molecule has 0 bridgehead atoms. The normalized spacial score (nSPS) is 10.4. The van der Waals surface area contributed by atoms with Crippen LogP contribution in [-0.4, -0.2) is 23.5 Å². The van der Waals surface area contributed by atoms with Gasteiger partial charge in [-0.25, -0.2) is 4.98 Å². The van der Waals surface area contributed by atoms with Crippen molar-refractivity contribution in [3.8, 4) is 0 Å². The Kier molecular flexibility index (Phi) is 6.39. The number of aromatic nitrogens is 1. The first-order chi connectivity index (χ1) is 6.83. The molecule has 0 radical (unpaired) electrons. The second-order valence-corrected chi connectivity index (χ2v) is 5.19. The molecular formula is C9H15ClN2S2. The van der Waals surface area contributed by atoms with E-state index in [2.05, 4.69) is 16.6 Å². The lowest BCUT2D eigenvalue weighted by Gasteiger charge is -2.01. The Hall–Kier alpha value is 0.0700. The Balaban J connectivity index is 1.99. The molecule has 5 heteroatoms. The molecule has 2 nitrogen and oxygen atoms in total. The zero-order valence-electron chi connectivity index (χ0n) is 8.25. The first kappa shape index (κ1) is 12.1. The summed E-state index contributed by atoms with van der Waals surface area (Å²) in [5.74, 6) is 1.27. The number of halogens is 1. The van der Waals surface area contributed by atoms with Crippen LogP contribution in [-0.2, 0) is 0 Å². The molecule has 0 aliphatic rings. The van der Waals surface area contributed by atoms with Crippen LogP contribution in [0.2, 0.25) is 5.15 Å². The SMILES string of the molecule is CSCCCCCNc1nc(Cl)cs1. The van der Waals surface area contributed by atoms with Crippen molar-refractivity contribution in [1.82, 2.24) is 4.98 Å². The maximum Gasteiger partial charge on any atom is 0.184 e. The monoisotopic (exact) mass is 250 g/mol. The van der Waals surface area contributed by atoms with Gasteiger partial charge in [0.05, 0.1) is 0 Å². The summed E-state index contributed by atoms with van der Waals surface area (Å²) in [7, 11) is 0. The Labute approximate surface area is 98.5 Å². The Morgan fingerprint density at radius 3 is 3.00 bits per heavy atom. The van der Waals surface area contributed by atoms with E-state index in [1.807, 2.05) is 17.1 Å². The summed E-state index contributed by atoms with van der Waals surface area (Å²) in [6.45, 7) is 0.998. The first-order valence-corrected chi connectivity index (χ1v) is 7.32. The van der Waals surface area contributed by atoms with E-state index in [9.17, 15) is 0 Å². The quantitative estimate of drug-likeness (QED) is 0.747. The fraction of sp³-hybridized carbons (Fsp3) is 0.667. The van der Waals surface area contributed by atoms with Gasteiger partial charge in [-0.05, 0) is 24.9 Å². The maximum atomic E-state index is 5.70. The van der Waals surface area contributed by atoms with E-state index in [0.717, 1.165) is 11.7 Å². The van der Waals surface area contributed by atoms with Crippen molar-refractivity contribution in [2.24, 2.45) is 0 Å². The standard InChI is InChI=1S/C9H15ClN2S2/c1-13-6-4-2-3-5-11-9-12-8(10)7-14-9/h7H,2-6H2,1H3,(H,11,12). The lowest BCUT2D eigenvalue weighted by molar-refractivity contribution is 0.749. The van der Waals surface area contributed by atoms with Crippen LogP contribution in [0.1, 0.15) is 19.3 Å². The Morgan fingerprint density at radius 2 is 2.36 bits per heavy atom. The lowest BCUT2D eigenvalue weighted by Crippen LogP contribution is -2.00. The lowest BCUT2D eigenvalue weighted by atomic mass is 10.2. The van der Waals surface area contributed by atoms with Gasteiger partial charge in [0.15, 0.2) is 5.13 Å². The molecule has 0 unspecified atom stereocenters. The average Bonchev–Trinajstić information content (AvgIpc) is 2.58. The fourth-order valence-corrected chi connectivity index (χ4v) is 2.44. The summed E-state index contributed by atoms with van der Waals surface area (Å²) in [6, 6.07) is 0. The predicted molar refractivity (Wildman–Crippen MR) is 67.8 cm³/mol. The average molecular weight is 251 g/mol. The van der Waals surface area contributed by atoms with Gasteiger partial charge in [-0.3, -0.25) is 0 Å². The molecule has 0 spiro atoms. The molecule has 14 heavy (non-hydrogen) atoms. The Morgan fingerprint density at radius 1 is 1.50 bits per heavy atom. The third kappa shape index (κ3) is 5.08. The number of unbranched alkanes of at least 4 members (excludes halogenated alkanes) is 2. The molecule has 0 aliphatic carbocycles. The van der Waals surface area contributed by atoms with Crippen molar-refractivity contribution >= 4 is 39.8 Å². The fourth-order valence-electron chi connectivity index (χ4n) is 1.08. The van der Waals surface area contributed by atoms with Gasteiger partial charge in [0.1, 0.15) is 5.15 Å². The third-order valence-electron chi connectivity index (χ3n) is 1.78. The molecule has 1 aromatic rings. The van der Waals surface area contributed by atoms with Crippen molar-refractivity contribution < 1.29 is 0 Å². The van der Waals surface area contributed by atoms with Crippen LogP contribution in [0, 0.1) is 0 Å². The highest BCUT2D eigenvalue weighted by atomic mass is 35.5. The highest BCUT2D eigenvalue weighted by Crippen LogP contribution is 2.18. The van der Waals surface area contributed by atoms with Crippen molar-refractivity contribution in [3.63, 3.8) is 0 Å². The van der Waals surface area contributed by atoms with Crippen LogP contribution in [0.3, 0.4) is 0 Å². The molecule has 0 fully saturated rings. The number of thioether (sulfide) groups is 1.